The molecule has 0 aromatic heterocycles. The molecule has 1 heterocycles. The van der Waals surface area contributed by atoms with Crippen molar-refractivity contribution in [3.05, 3.63) is 29.3 Å². The minimum absolute atomic E-state index is 0.0485. The van der Waals surface area contributed by atoms with Gasteiger partial charge in [0.25, 0.3) is 0 Å². The minimum Gasteiger partial charge on any atom is -0.450 e. The van der Waals surface area contributed by atoms with Gasteiger partial charge in [0, 0.05) is 37.8 Å². The van der Waals surface area contributed by atoms with Gasteiger partial charge in [0.1, 0.15) is 0 Å². The highest BCUT2D eigenvalue weighted by Gasteiger charge is 2.24. The molecule has 25 heavy (non-hydrogen) atoms. The zero-order chi connectivity index (χ0) is 18.2. The number of likely N-dealkylation sites (tertiary alicyclic amines) is 1. The van der Waals surface area contributed by atoms with Crippen LogP contribution in [0.2, 0.25) is 0 Å². The Balaban J connectivity index is 1.68. The maximum atomic E-state index is 12.1. The van der Waals surface area contributed by atoms with Gasteiger partial charge in [0.15, 0.2) is 0 Å². The van der Waals surface area contributed by atoms with Crippen molar-refractivity contribution in [2.45, 2.75) is 46.1 Å². The van der Waals surface area contributed by atoms with Crippen LogP contribution in [0.4, 0.5) is 10.5 Å². The Bertz CT molecular complexity index is 596. The first kappa shape index (κ1) is 19.1. The summed E-state index contributed by atoms with van der Waals surface area (Å²) in [6.45, 7) is 8.22. The lowest BCUT2D eigenvalue weighted by Gasteiger charge is -2.31. The highest BCUT2D eigenvalue weighted by atomic mass is 16.6. The summed E-state index contributed by atoms with van der Waals surface area (Å²) >= 11 is 0. The van der Waals surface area contributed by atoms with Gasteiger partial charge in [-0.05, 0) is 50.8 Å². The fraction of sp³-hybridized carbons (Fsp3) is 0.579. The molecule has 0 spiro atoms. The molecule has 0 radical (unpaired) electrons. The Morgan fingerprint density at radius 3 is 2.64 bits per heavy atom. The second-order valence-electron chi connectivity index (χ2n) is 6.45. The molecule has 2 rings (SSSR count). The Morgan fingerprint density at radius 2 is 1.96 bits per heavy atom. The van der Waals surface area contributed by atoms with Crippen LogP contribution < -0.4 is 10.6 Å². The number of amides is 2. The zero-order valence-electron chi connectivity index (χ0n) is 15.4. The first-order valence-electron chi connectivity index (χ1n) is 9.02. The summed E-state index contributed by atoms with van der Waals surface area (Å²) in [7, 11) is 0. The number of hydrogen-bond donors (Lipinski definition) is 2. The van der Waals surface area contributed by atoms with Crippen LogP contribution in [0.25, 0.3) is 0 Å². The summed E-state index contributed by atoms with van der Waals surface area (Å²) in [5.41, 5.74) is 3.53. The molecule has 6 heteroatoms. The summed E-state index contributed by atoms with van der Waals surface area (Å²) in [5.74, 6) is 0.0485. The molecule has 0 aliphatic carbocycles. The van der Waals surface area contributed by atoms with Crippen LogP contribution in [0.15, 0.2) is 18.2 Å². The number of ether oxygens (including phenoxy) is 1. The van der Waals surface area contributed by atoms with E-state index in [0.717, 1.165) is 18.5 Å². The van der Waals surface area contributed by atoms with Crippen LogP contribution in [0, 0.1) is 13.8 Å². The van der Waals surface area contributed by atoms with Gasteiger partial charge in [0.05, 0.1) is 6.61 Å². The molecule has 0 bridgehead atoms. The van der Waals surface area contributed by atoms with E-state index < -0.39 is 0 Å². The number of benzene rings is 1. The number of nitrogens with zero attached hydrogens (tertiary/aromatic N) is 1. The second-order valence-corrected chi connectivity index (χ2v) is 6.45. The molecule has 0 atom stereocenters. The fourth-order valence-electron chi connectivity index (χ4n) is 2.97. The van der Waals surface area contributed by atoms with Crippen LogP contribution >= 0.6 is 0 Å². The molecule has 1 aliphatic heterocycles. The van der Waals surface area contributed by atoms with E-state index in [-0.39, 0.29) is 18.0 Å². The van der Waals surface area contributed by atoms with Gasteiger partial charge >= 0.3 is 6.09 Å². The molecule has 0 unspecified atom stereocenters. The van der Waals surface area contributed by atoms with Gasteiger partial charge in [0.2, 0.25) is 5.91 Å². The summed E-state index contributed by atoms with van der Waals surface area (Å²) in [6, 6.07) is 6.27. The van der Waals surface area contributed by atoms with Gasteiger partial charge in [-0.25, -0.2) is 4.79 Å². The first-order chi connectivity index (χ1) is 12.0. The van der Waals surface area contributed by atoms with E-state index >= 15 is 0 Å². The van der Waals surface area contributed by atoms with Crippen molar-refractivity contribution in [3.63, 3.8) is 0 Å². The highest BCUT2D eigenvalue weighted by Crippen LogP contribution is 2.17. The Morgan fingerprint density at radius 1 is 1.24 bits per heavy atom. The molecule has 2 N–H and O–H groups in total. The van der Waals surface area contributed by atoms with Crippen LogP contribution in [0.5, 0.6) is 0 Å². The number of nitrogens with one attached hydrogen (secondary N) is 2. The minimum atomic E-state index is -0.259. The smallest absolute Gasteiger partial charge is 0.409 e. The number of anilines is 1. The molecule has 1 saturated heterocycles. The zero-order valence-corrected chi connectivity index (χ0v) is 15.4. The standard InChI is InChI=1S/C19H29N3O3/c1-4-25-19(24)22-12-9-16(10-13-22)21-18(23)8-11-20-17-7-5-6-14(2)15(17)3/h5-7,16,20H,4,8-13H2,1-3H3,(H,21,23). The number of rotatable bonds is 6. The third-order valence-corrected chi connectivity index (χ3v) is 4.66. The van der Waals surface area contributed by atoms with E-state index in [1.807, 2.05) is 12.1 Å². The molecule has 138 valence electrons. The predicted molar refractivity (Wildman–Crippen MR) is 98.8 cm³/mol. The molecular formula is C19H29N3O3. The first-order valence-corrected chi connectivity index (χ1v) is 9.02. The van der Waals surface area contributed by atoms with E-state index in [9.17, 15) is 9.59 Å². The van der Waals surface area contributed by atoms with Gasteiger partial charge in [-0.3, -0.25) is 4.79 Å². The van der Waals surface area contributed by atoms with Crippen molar-refractivity contribution in [1.82, 2.24) is 10.2 Å². The third kappa shape index (κ3) is 5.66. The van der Waals surface area contributed by atoms with E-state index in [1.165, 1.54) is 11.1 Å². The van der Waals surface area contributed by atoms with E-state index in [4.69, 9.17) is 4.74 Å². The molecule has 2 amide bonds. The summed E-state index contributed by atoms with van der Waals surface area (Å²) in [4.78, 5) is 25.5. The van der Waals surface area contributed by atoms with Gasteiger partial charge < -0.3 is 20.3 Å². The molecular weight excluding hydrogens is 318 g/mol. The lowest BCUT2D eigenvalue weighted by molar-refractivity contribution is -0.121. The van der Waals surface area contributed by atoms with E-state index in [0.29, 0.717) is 32.7 Å². The largest absolute Gasteiger partial charge is 0.450 e. The Kier molecular flexibility index (Phi) is 7.10. The maximum absolute atomic E-state index is 12.1. The third-order valence-electron chi connectivity index (χ3n) is 4.66. The molecule has 0 saturated carbocycles. The Labute approximate surface area is 149 Å². The number of carbonyl (C=O) groups is 2. The number of aryl methyl sites for hydroxylation is 1. The van der Waals surface area contributed by atoms with Gasteiger partial charge in [-0.2, -0.15) is 0 Å². The monoisotopic (exact) mass is 347 g/mol. The molecule has 1 aliphatic rings. The van der Waals surface area contributed by atoms with Gasteiger partial charge in [-0.1, -0.05) is 12.1 Å². The SMILES string of the molecule is CCOC(=O)N1CCC(NC(=O)CCNc2cccc(C)c2C)CC1. The number of hydrogen-bond acceptors (Lipinski definition) is 4. The van der Waals surface area contributed by atoms with E-state index in [1.54, 1.807) is 11.8 Å². The van der Waals surface area contributed by atoms with Crippen molar-refractivity contribution < 1.29 is 14.3 Å². The highest BCUT2D eigenvalue weighted by molar-refractivity contribution is 5.77. The van der Waals surface area contributed by atoms with Crippen LogP contribution in [0.1, 0.15) is 37.3 Å². The summed E-state index contributed by atoms with van der Waals surface area (Å²) in [6.07, 6.45) is 1.72. The van der Waals surface area contributed by atoms with Crippen molar-refractivity contribution >= 4 is 17.7 Å². The quantitative estimate of drug-likeness (QED) is 0.830. The molecule has 1 fully saturated rings. The van der Waals surface area contributed by atoms with Crippen LogP contribution in [-0.4, -0.2) is 49.2 Å². The lowest BCUT2D eigenvalue weighted by Crippen LogP contribution is -2.46. The topological polar surface area (TPSA) is 70.7 Å². The average Bonchev–Trinajstić information content (AvgIpc) is 2.59. The van der Waals surface area contributed by atoms with Crippen molar-refractivity contribution in [3.8, 4) is 0 Å². The van der Waals surface area contributed by atoms with Crippen molar-refractivity contribution in [1.29, 1.82) is 0 Å². The maximum Gasteiger partial charge on any atom is 0.409 e. The lowest BCUT2D eigenvalue weighted by atomic mass is 10.1. The second kappa shape index (κ2) is 9.30. The molecule has 1 aromatic rings. The number of carbonyl (C=O) groups excluding carboxylic acids is 2. The van der Waals surface area contributed by atoms with Crippen LogP contribution in [-0.2, 0) is 9.53 Å². The van der Waals surface area contributed by atoms with Crippen molar-refractivity contribution in [2.24, 2.45) is 0 Å². The van der Waals surface area contributed by atoms with Crippen molar-refractivity contribution in [2.75, 3.05) is 31.6 Å². The van der Waals surface area contributed by atoms with Gasteiger partial charge in [-0.15, -0.1) is 0 Å². The summed E-state index contributed by atoms with van der Waals surface area (Å²) < 4.78 is 5.00. The normalized spacial score (nSPS) is 14.9. The number of piperidine rings is 1. The summed E-state index contributed by atoms with van der Waals surface area (Å²) in [5, 5.41) is 6.39. The van der Waals surface area contributed by atoms with Crippen LogP contribution in [0.3, 0.4) is 0 Å². The molecule has 6 nitrogen and oxygen atoms in total. The Hall–Kier alpha value is -2.24. The predicted octanol–water partition coefficient (Wildman–Crippen LogP) is 2.84. The molecule has 1 aromatic carbocycles. The fourth-order valence-corrected chi connectivity index (χ4v) is 2.97. The van der Waals surface area contributed by atoms with E-state index in [2.05, 4.69) is 30.5 Å². The average molecular weight is 347 g/mol.